The van der Waals surface area contributed by atoms with E-state index < -0.39 is 10.0 Å². The van der Waals surface area contributed by atoms with Gasteiger partial charge in [-0.2, -0.15) is 4.31 Å². The van der Waals surface area contributed by atoms with Crippen molar-refractivity contribution in [3.63, 3.8) is 0 Å². The summed E-state index contributed by atoms with van der Waals surface area (Å²) in [4.78, 5) is 15.6. The number of sulfonamides is 1. The van der Waals surface area contributed by atoms with E-state index in [0.29, 0.717) is 23.7 Å². The molecular formula is C28H33N3O3S. The molecule has 184 valence electrons. The number of likely N-dealkylation sites (tertiary alicyclic amines) is 1. The molecule has 3 aromatic rings. The molecule has 2 heterocycles. The third kappa shape index (κ3) is 5.42. The van der Waals surface area contributed by atoms with Gasteiger partial charge in [0.15, 0.2) is 0 Å². The van der Waals surface area contributed by atoms with Gasteiger partial charge in [0.1, 0.15) is 0 Å². The second-order valence-corrected chi connectivity index (χ2v) is 11.6. The predicted molar refractivity (Wildman–Crippen MR) is 140 cm³/mol. The van der Waals surface area contributed by atoms with Crippen molar-refractivity contribution in [2.24, 2.45) is 5.92 Å². The Kier molecular flexibility index (Phi) is 7.18. The minimum atomic E-state index is -3.46. The van der Waals surface area contributed by atoms with Crippen LogP contribution in [0, 0.1) is 5.92 Å². The van der Waals surface area contributed by atoms with Crippen molar-refractivity contribution in [3.8, 4) is 0 Å². The molecule has 35 heavy (non-hydrogen) atoms. The standard InChI is InChI=1S/C28H33N3O3S/c32-28(29-25-11-13-26(14-12-25)35(33,34)31-17-4-1-5-18-31)23-15-19-30(20-16-23)21-24-9-6-8-22-7-2-3-10-27(22)24/h2-3,6-14,23H,1,4-5,15-21H2,(H,29,32). The van der Waals surface area contributed by atoms with Gasteiger partial charge in [-0.15, -0.1) is 0 Å². The summed E-state index contributed by atoms with van der Waals surface area (Å²) >= 11 is 0. The molecule has 2 saturated heterocycles. The first kappa shape index (κ1) is 24.0. The van der Waals surface area contributed by atoms with Gasteiger partial charge in [0.25, 0.3) is 0 Å². The van der Waals surface area contributed by atoms with Gasteiger partial charge in [0, 0.05) is 31.2 Å². The van der Waals surface area contributed by atoms with E-state index in [2.05, 4.69) is 52.7 Å². The zero-order chi connectivity index (χ0) is 24.3. The van der Waals surface area contributed by atoms with Crippen molar-refractivity contribution in [2.75, 3.05) is 31.5 Å². The summed E-state index contributed by atoms with van der Waals surface area (Å²) in [5.74, 6) is -0.0167. The van der Waals surface area contributed by atoms with Crippen LogP contribution in [0.15, 0.2) is 71.6 Å². The van der Waals surface area contributed by atoms with Crippen LogP contribution in [-0.4, -0.2) is 49.7 Å². The highest BCUT2D eigenvalue weighted by Crippen LogP contribution is 2.26. The van der Waals surface area contributed by atoms with Crippen LogP contribution in [0.2, 0.25) is 0 Å². The van der Waals surface area contributed by atoms with Gasteiger partial charge < -0.3 is 5.32 Å². The first-order chi connectivity index (χ1) is 17.0. The Hall–Kier alpha value is -2.74. The molecule has 0 atom stereocenters. The monoisotopic (exact) mass is 491 g/mol. The lowest BCUT2D eigenvalue weighted by atomic mass is 9.95. The van der Waals surface area contributed by atoms with E-state index in [1.54, 1.807) is 28.6 Å². The van der Waals surface area contributed by atoms with Crippen molar-refractivity contribution in [1.82, 2.24) is 9.21 Å². The average Bonchev–Trinajstić information content (AvgIpc) is 2.90. The number of piperidine rings is 2. The minimum Gasteiger partial charge on any atom is -0.326 e. The van der Waals surface area contributed by atoms with E-state index in [4.69, 9.17) is 0 Å². The fraction of sp³-hybridized carbons (Fsp3) is 0.393. The molecule has 0 saturated carbocycles. The molecular weight excluding hydrogens is 458 g/mol. The Morgan fingerprint density at radius 2 is 1.51 bits per heavy atom. The summed E-state index contributed by atoms with van der Waals surface area (Å²) in [6, 6.07) is 21.5. The third-order valence-corrected chi connectivity index (χ3v) is 9.22. The van der Waals surface area contributed by atoms with E-state index in [9.17, 15) is 13.2 Å². The predicted octanol–water partition coefficient (Wildman–Crippen LogP) is 4.87. The summed E-state index contributed by atoms with van der Waals surface area (Å²) in [7, 11) is -3.46. The summed E-state index contributed by atoms with van der Waals surface area (Å²) in [6.45, 7) is 3.82. The van der Waals surface area contributed by atoms with Gasteiger partial charge >= 0.3 is 0 Å². The van der Waals surface area contributed by atoms with Crippen LogP contribution in [0.1, 0.15) is 37.7 Å². The van der Waals surface area contributed by atoms with Crippen LogP contribution in [-0.2, 0) is 21.4 Å². The molecule has 0 bridgehead atoms. The largest absolute Gasteiger partial charge is 0.326 e. The molecule has 0 aromatic heterocycles. The fourth-order valence-corrected chi connectivity index (χ4v) is 6.75. The van der Waals surface area contributed by atoms with Crippen LogP contribution >= 0.6 is 0 Å². The zero-order valence-electron chi connectivity index (χ0n) is 20.0. The van der Waals surface area contributed by atoms with Crippen LogP contribution in [0.3, 0.4) is 0 Å². The topological polar surface area (TPSA) is 69.7 Å². The molecule has 3 aromatic carbocycles. The van der Waals surface area contributed by atoms with Crippen molar-refractivity contribution < 1.29 is 13.2 Å². The zero-order valence-corrected chi connectivity index (χ0v) is 20.8. The fourth-order valence-electron chi connectivity index (χ4n) is 5.23. The molecule has 6 nitrogen and oxygen atoms in total. The second kappa shape index (κ2) is 10.5. The van der Waals surface area contributed by atoms with Gasteiger partial charge in [0.05, 0.1) is 4.90 Å². The summed E-state index contributed by atoms with van der Waals surface area (Å²) in [6.07, 6.45) is 4.54. The first-order valence-corrected chi connectivity index (χ1v) is 14.0. The highest BCUT2D eigenvalue weighted by molar-refractivity contribution is 7.89. The lowest BCUT2D eigenvalue weighted by Crippen LogP contribution is -2.37. The van der Waals surface area contributed by atoms with Gasteiger partial charge in [-0.25, -0.2) is 8.42 Å². The molecule has 7 heteroatoms. The number of rotatable bonds is 6. The summed E-state index contributed by atoms with van der Waals surface area (Å²) < 4.78 is 27.2. The lowest BCUT2D eigenvalue weighted by molar-refractivity contribution is -0.121. The summed E-state index contributed by atoms with van der Waals surface area (Å²) in [5, 5.41) is 5.54. The number of amides is 1. The maximum absolute atomic E-state index is 12.9. The SMILES string of the molecule is O=C(Nc1ccc(S(=O)(=O)N2CCCCC2)cc1)C1CCN(Cc2cccc3ccccc23)CC1. The van der Waals surface area contributed by atoms with Crippen LogP contribution < -0.4 is 5.32 Å². The van der Waals surface area contributed by atoms with Crippen molar-refractivity contribution in [1.29, 1.82) is 0 Å². The summed E-state index contributed by atoms with van der Waals surface area (Å²) in [5.41, 5.74) is 1.97. The first-order valence-electron chi connectivity index (χ1n) is 12.6. The maximum Gasteiger partial charge on any atom is 0.243 e. The second-order valence-electron chi connectivity index (χ2n) is 9.67. The maximum atomic E-state index is 12.9. The van der Waals surface area contributed by atoms with E-state index in [0.717, 1.165) is 51.7 Å². The van der Waals surface area contributed by atoms with Gasteiger partial charge in [-0.1, -0.05) is 48.9 Å². The Bertz CT molecular complexity index is 1270. The lowest BCUT2D eigenvalue weighted by Gasteiger charge is -2.31. The van der Waals surface area contributed by atoms with Gasteiger partial charge in [-0.3, -0.25) is 9.69 Å². The Morgan fingerprint density at radius 3 is 2.26 bits per heavy atom. The molecule has 2 aliphatic rings. The number of fused-ring (bicyclic) bond motifs is 1. The molecule has 1 N–H and O–H groups in total. The third-order valence-electron chi connectivity index (χ3n) is 7.31. The normalized spacial score (nSPS) is 18.5. The van der Waals surface area contributed by atoms with Crippen LogP contribution in [0.25, 0.3) is 10.8 Å². The molecule has 0 unspecified atom stereocenters. The molecule has 1 amide bonds. The molecule has 0 aliphatic carbocycles. The van der Waals surface area contributed by atoms with Crippen molar-refractivity contribution in [2.45, 2.75) is 43.5 Å². The van der Waals surface area contributed by atoms with Gasteiger partial charge in [-0.05, 0) is 79.4 Å². The Balaban J connectivity index is 1.15. The minimum absolute atomic E-state index is 0.0152. The van der Waals surface area contributed by atoms with E-state index in [1.165, 1.54) is 16.3 Å². The van der Waals surface area contributed by atoms with Crippen LogP contribution in [0.4, 0.5) is 5.69 Å². The van der Waals surface area contributed by atoms with Crippen molar-refractivity contribution in [3.05, 3.63) is 72.3 Å². The molecule has 5 rings (SSSR count). The van der Waals surface area contributed by atoms with E-state index in [1.807, 2.05) is 0 Å². The Morgan fingerprint density at radius 1 is 0.829 bits per heavy atom. The molecule has 0 spiro atoms. The number of carbonyl (C=O) groups excluding carboxylic acids is 1. The number of hydrogen-bond donors (Lipinski definition) is 1. The number of nitrogens with one attached hydrogen (secondary N) is 1. The quantitative estimate of drug-likeness (QED) is 0.534. The van der Waals surface area contributed by atoms with Gasteiger partial charge in [0.2, 0.25) is 15.9 Å². The van der Waals surface area contributed by atoms with Crippen LogP contribution in [0.5, 0.6) is 0 Å². The smallest absolute Gasteiger partial charge is 0.243 e. The number of benzene rings is 3. The molecule has 2 aliphatic heterocycles. The van der Waals surface area contributed by atoms with E-state index in [-0.39, 0.29) is 11.8 Å². The van der Waals surface area contributed by atoms with E-state index >= 15 is 0 Å². The number of carbonyl (C=O) groups is 1. The molecule has 0 radical (unpaired) electrons. The molecule has 2 fully saturated rings. The Labute approximate surface area is 208 Å². The highest BCUT2D eigenvalue weighted by atomic mass is 32.2. The number of hydrogen-bond acceptors (Lipinski definition) is 4. The number of anilines is 1. The average molecular weight is 492 g/mol. The number of nitrogens with zero attached hydrogens (tertiary/aromatic N) is 2. The van der Waals surface area contributed by atoms with Crippen molar-refractivity contribution >= 4 is 32.4 Å². The highest BCUT2D eigenvalue weighted by Gasteiger charge is 2.27.